The minimum Gasteiger partial charge on any atom is -0.357 e. The van der Waals surface area contributed by atoms with Crippen LogP contribution in [-0.4, -0.2) is 9.97 Å². The Kier molecular flexibility index (Phi) is 1.22. The van der Waals surface area contributed by atoms with Gasteiger partial charge in [-0.1, -0.05) is 6.07 Å². The van der Waals surface area contributed by atoms with Crippen molar-refractivity contribution in [2.75, 3.05) is 0 Å². The van der Waals surface area contributed by atoms with E-state index in [2.05, 4.69) is 9.97 Å². The predicted octanol–water partition coefficient (Wildman–Crippen LogP) is 0.923. The SMILES string of the molecule is O=c1ncccc2cc[nH]c12. The fourth-order valence-corrected chi connectivity index (χ4v) is 1.03. The van der Waals surface area contributed by atoms with E-state index in [-0.39, 0.29) is 5.56 Å². The van der Waals surface area contributed by atoms with Crippen molar-refractivity contribution in [3.8, 4) is 0 Å². The van der Waals surface area contributed by atoms with Gasteiger partial charge in [0.15, 0.2) is 0 Å². The number of fused-ring (bicyclic) bond motifs is 1. The van der Waals surface area contributed by atoms with Gasteiger partial charge in [-0.25, -0.2) is 4.98 Å². The monoisotopic (exact) mass is 146 g/mol. The Bertz CT molecular complexity index is 433. The lowest BCUT2D eigenvalue weighted by Crippen LogP contribution is -2.00. The number of rotatable bonds is 0. The number of nitrogens with zero attached hydrogens (tertiary/aromatic N) is 1. The van der Waals surface area contributed by atoms with Crippen LogP contribution in [0, 0.1) is 0 Å². The summed E-state index contributed by atoms with van der Waals surface area (Å²) in [4.78, 5) is 17.6. The van der Waals surface area contributed by atoms with Gasteiger partial charge < -0.3 is 4.98 Å². The van der Waals surface area contributed by atoms with E-state index in [4.69, 9.17) is 0 Å². The van der Waals surface area contributed by atoms with Crippen molar-refractivity contribution in [3.63, 3.8) is 0 Å². The molecule has 11 heavy (non-hydrogen) atoms. The van der Waals surface area contributed by atoms with Crippen molar-refractivity contribution in [2.45, 2.75) is 0 Å². The van der Waals surface area contributed by atoms with Crippen molar-refractivity contribution in [2.24, 2.45) is 0 Å². The van der Waals surface area contributed by atoms with Crippen LogP contribution in [0.4, 0.5) is 0 Å². The van der Waals surface area contributed by atoms with Gasteiger partial charge in [0.2, 0.25) is 0 Å². The van der Waals surface area contributed by atoms with Crippen molar-refractivity contribution in [1.82, 2.24) is 9.97 Å². The van der Waals surface area contributed by atoms with Crippen molar-refractivity contribution in [3.05, 3.63) is 40.9 Å². The normalized spacial score (nSPS) is 10.2. The van der Waals surface area contributed by atoms with Crippen molar-refractivity contribution >= 4 is 10.9 Å². The van der Waals surface area contributed by atoms with Crippen LogP contribution in [0.2, 0.25) is 0 Å². The van der Waals surface area contributed by atoms with Gasteiger partial charge in [-0.3, -0.25) is 4.79 Å². The standard InChI is InChI=1S/C8H6N2O/c11-8-7-6(3-5-9-7)2-1-4-10-8/h1-5,9H. The molecule has 2 aromatic rings. The molecule has 0 bridgehead atoms. The number of nitrogens with one attached hydrogen (secondary N) is 1. The van der Waals surface area contributed by atoms with Crippen molar-refractivity contribution in [1.29, 1.82) is 0 Å². The molecule has 0 saturated heterocycles. The molecule has 2 aromatic heterocycles. The van der Waals surface area contributed by atoms with Gasteiger partial charge >= 0.3 is 0 Å². The quantitative estimate of drug-likeness (QED) is 0.600. The van der Waals surface area contributed by atoms with Crippen LogP contribution in [0.1, 0.15) is 0 Å². The van der Waals surface area contributed by atoms with Crippen molar-refractivity contribution < 1.29 is 0 Å². The highest BCUT2D eigenvalue weighted by molar-refractivity contribution is 5.77. The van der Waals surface area contributed by atoms with Crippen LogP contribution in [0.15, 0.2) is 35.4 Å². The molecule has 0 amide bonds. The molecule has 0 atom stereocenters. The maximum absolute atomic E-state index is 11.1. The zero-order chi connectivity index (χ0) is 7.68. The van der Waals surface area contributed by atoms with Crippen LogP contribution in [-0.2, 0) is 0 Å². The average Bonchev–Trinajstić information content (AvgIpc) is 2.40. The molecule has 0 unspecified atom stereocenters. The Balaban J connectivity index is 3.09. The Morgan fingerprint density at radius 2 is 2.27 bits per heavy atom. The van der Waals surface area contributed by atoms with E-state index in [1.54, 1.807) is 12.3 Å². The molecule has 54 valence electrons. The third kappa shape index (κ3) is 0.902. The Morgan fingerprint density at radius 1 is 1.36 bits per heavy atom. The third-order valence-electron chi connectivity index (χ3n) is 1.55. The minimum absolute atomic E-state index is 0.213. The first-order valence-electron chi connectivity index (χ1n) is 3.30. The van der Waals surface area contributed by atoms with Gasteiger partial charge in [-0.15, -0.1) is 0 Å². The summed E-state index contributed by atoms with van der Waals surface area (Å²) >= 11 is 0. The summed E-state index contributed by atoms with van der Waals surface area (Å²) in [6.07, 6.45) is 3.23. The first-order valence-corrected chi connectivity index (χ1v) is 3.30. The maximum Gasteiger partial charge on any atom is 0.293 e. The molecule has 3 nitrogen and oxygen atoms in total. The lowest BCUT2D eigenvalue weighted by molar-refractivity contribution is 1.27. The second-order valence-electron chi connectivity index (χ2n) is 2.25. The number of H-pyrrole nitrogens is 1. The van der Waals surface area contributed by atoms with E-state index in [9.17, 15) is 4.79 Å². The summed E-state index contributed by atoms with van der Waals surface area (Å²) in [5, 5.41) is 0.896. The first-order chi connectivity index (χ1) is 5.38. The van der Waals surface area contributed by atoms with Gasteiger partial charge in [0.25, 0.3) is 5.56 Å². The van der Waals surface area contributed by atoms with Gasteiger partial charge in [-0.2, -0.15) is 0 Å². The zero-order valence-corrected chi connectivity index (χ0v) is 5.74. The van der Waals surface area contributed by atoms with Crippen LogP contribution in [0.5, 0.6) is 0 Å². The van der Waals surface area contributed by atoms with Gasteiger partial charge in [0.1, 0.15) is 5.52 Å². The second-order valence-corrected chi connectivity index (χ2v) is 2.25. The van der Waals surface area contributed by atoms with E-state index in [1.807, 2.05) is 12.1 Å². The molecule has 1 N–H and O–H groups in total. The van der Waals surface area contributed by atoms with E-state index in [0.717, 1.165) is 5.39 Å². The number of hydrogen-bond donors (Lipinski definition) is 1. The molecule has 0 saturated carbocycles. The molecule has 0 spiro atoms. The lowest BCUT2D eigenvalue weighted by Gasteiger charge is -1.73. The van der Waals surface area contributed by atoms with Gasteiger partial charge in [-0.05, 0) is 12.1 Å². The summed E-state index contributed by atoms with van der Waals surface area (Å²) < 4.78 is 0. The predicted molar refractivity (Wildman–Crippen MR) is 42.4 cm³/mol. The fraction of sp³-hybridized carbons (Fsp3) is 0. The minimum atomic E-state index is -0.213. The molecule has 0 fully saturated rings. The van der Waals surface area contributed by atoms with E-state index >= 15 is 0 Å². The summed E-state index contributed by atoms with van der Waals surface area (Å²) in [6.45, 7) is 0. The number of aromatic nitrogens is 2. The first kappa shape index (κ1) is 6.09. The summed E-state index contributed by atoms with van der Waals surface area (Å²) in [5.41, 5.74) is 0.352. The molecular formula is C8H6N2O. The third-order valence-corrected chi connectivity index (χ3v) is 1.55. The Hall–Kier alpha value is -1.64. The molecule has 0 aliphatic carbocycles. The number of aromatic amines is 1. The molecular weight excluding hydrogens is 140 g/mol. The zero-order valence-electron chi connectivity index (χ0n) is 5.74. The van der Waals surface area contributed by atoms with Gasteiger partial charge in [0.05, 0.1) is 0 Å². The maximum atomic E-state index is 11.1. The highest BCUT2D eigenvalue weighted by Crippen LogP contribution is 2.03. The lowest BCUT2D eigenvalue weighted by atomic mass is 10.3. The molecule has 0 aliphatic rings. The van der Waals surface area contributed by atoms with Crippen LogP contribution >= 0.6 is 0 Å². The molecule has 0 aliphatic heterocycles. The molecule has 0 radical (unpaired) electrons. The van der Waals surface area contributed by atoms with E-state index < -0.39 is 0 Å². The highest BCUT2D eigenvalue weighted by atomic mass is 16.1. The fourth-order valence-electron chi connectivity index (χ4n) is 1.03. The smallest absolute Gasteiger partial charge is 0.293 e. The number of hydrogen-bond acceptors (Lipinski definition) is 2. The highest BCUT2D eigenvalue weighted by Gasteiger charge is 1.94. The summed E-state index contributed by atoms with van der Waals surface area (Å²) in [6, 6.07) is 5.44. The van der Waals surface area contributed by atoms with Crippen LogP contribution in [0.25, 0.3) is 10.9 Å². The van der Waals surface area contributed by atoms with E-state index in [1.165, 1.54) is 6.20 Å². The Labute approximate surface area is 62.7 Å². The summed E-state index contributed by atoms with van der Waals surface area (Å²) in [7, 11) is 0. The molecule has 0 aromatic carbocycles. The van der Waals surface area contributed by atoms with Crippen LogP contribution < -0.4 is 5.56 Å². The average molecular weight is 146 g/mol. The van der Waals surface area contributed by atoms with Gasteiger partial charge in [0, 0.05) is 17.8 Å². The topological polar surface area (TPSA) is 45.8 Å². The molecule has 2 rings (SSSR count). The largest absolute Gasteiger partial charge is 0.357 e. The van der Waals surface area contributed by atoms with Crippen LogP contribution in [0.3, 0.4) is 0 Å². The molecule has 2 heterocycles. The second kappa shape index (κ2) is 2.20. The van der Waals surface area contributed by atoms with E-state index in [0.29, 0.717) is 5.52 Å². The summed E-state index contributed by atoms with van der Waals surface area (Å²) in [5.74, 6) is 0. The Morgan fingerprint density at radius 3 is 3.18 bits per heavy atom. The molecule has 3 heteroatoms.